The molecule has 1 aliphatic rings. The molecule has 2 aromatic rings. The number of rotatable bonds is 4. The third-order valence-corrected chi connectivity index (χ3v) is 4.48. The van der Waals surface area contributed by atoms with Crippen molar-refractivity contribution in [2.45, 2.75) is 19.4 Å². The van der Waals surface area contributed by atoms with E-state index >= 15 is 0 Å². The monoisotopic (exact) mass is 402 g/mol. The van der Waals surface area contributed by atoms with Crippen LogP contribution < -0.4 is 15.0 Å². The van der Waals surface area contributed by atoms with Gasteiger partial charge in [0.25, 0.3) is 5.91 Å². The number of benzene rings is 2. The molecule has 2 aromatic carbocycles. The molecule has 0 unspecified atom stereocenters. The first-order chi connectivity index (χ1) is 13.2. The Labute approximate surface area is 167 Å². The third kappa shape index (κ3) is 3.80. The average Bonchev–Trinajstić information content (AvgIpc) is 2.66. The molecule has 1 N–H and O–H groups in total. The summed E-state index contributed by atoms with van der Waals surface area (Å²) in [7, 11) is 1.26. The quantitative estimate of drug-likeness (QED) is 0.793. The Morgan fingerprint density at radius 1 is 1.21 bits per heavy atom. The van der Waals surface area contributed by atoms with Gasteiger partial charge in [0.15, 0.2) is 5.60 Å². The molecule has 0 bridgehead atoms. The van der Waals surface area contributed by atoms with E-state index in [-0.39, 0.29) is 18.0 Å². The summed E-state index contributed by atoms with van der Waals surface area (Å²) < 4.78 is 10.5. The maximum atomic E-state index is 12.8. The van der Waals surface area contributed by atoms with Gasteiger partial charge in [-0.1, -0.05) is 23.7 Å². The number of amides is 2. The maximum Gasteiger partial charge on any atom is 0.339 e. The molecule has 0 saturated carbocycles. The van der Waals surface area contributed by atoms with Gasteiger partial charge in [-0.3, -0.25) is 14.5 Å². The van der Waals surface area contributed by atoms with Crippen molar-refractivity contribution < 1.29 is 23.9 Å². The second-order valence-corrected chi connectivity index (χ2v) is 7.14. The van der Waals surface area contributed by atoms with Crippen molar-refractivity contribution >= 4 is 40.8 Å². The Morgan fingerprint density at radius 3 is 2.64 bits per heavy atom. The van der Waals surface area contributed by atoms with Crippen LogP contribution in [0.2, 0.25) is 5.02 Å². The van der Waals surface area contributed by atoms with Gasteiger partial charge in [-0.15, -0.1) is 0 Å². The number of hydrogen-bond donors (Lipinski definition) is 1. The molecule has 1 aliphatic heterocycles. The van der Waals surface area contributed by atoms with Crippen molar-refractivity contribution in [1.29, 1.82) is 0 Å². The minimum Gasteiger partial charge on any atom is -0.476 e. The lowest BCUT2D eigenvalue weighted by Gasteiger charge is -2.38. The summed E-state index contributed by atoms with van der Waals surface area (Å²) >= 11 is 6.05. The van der Waals surface area contributed by atoms with Crippen LogP contribution in [0.15, 0.2) is 42.5 Å². The highest BCUT2D eigenvalue weighted by molar-refractivity contribution is 6.31. The second-order valence-electron chi connectivity index (χ2n) is 6.70. The molecule has 3 rings (SSSR count). The summed E-state index contributed by atoms with van der Waals surface area (Å²) in [5.41, 5.74) is -0.209. The van der Waals surface area contributed by atoms with Crippen LogP contribution in [0.4, 0.5) is 11.4 Å². The predicted molar refractivity (Wildman–Crippen MR) is 105 cm³/mol. The van der Waals surface area contributed by atoms with Crippen molar-refractivity contribution in [2.24, 2.45) is 0 Å². The smallest absolute Gasteiger partial charge is 0.339 e. The summed E-state index contributed by atoms with van der Waals surface area (Å²) in [4.78, 5) is 38.7. The molecule has 7 nitrogen and oxygen atoms in total. The standard InChI is InChI=1S/C20H19ClN2O5/c1-20(2)19(26)23(15-10-12(21)8-9-16(15)28-20)11-17(24)22-14-7-5-4-6-13(14)18(25)27-3/h4-10H,11H2,1-3H3,(H,22,24). The largest absolute Gasteiger partial charge is 0.476 e. The molecule has 0 saturated heterocycles. The number of carbonyl (C=O) groups excluding carboxylic acids is 3. The molecule has 0 aromatic heterocycles. The molecule has 0 radical (unpaired) electrons. The number of halogens is 1. The summed E-state index contributed by atoms with van der Waals surface area (Å²) in [6, 6.07) is 11.3. The number of hydrogen-bond acceptors (Lipinski definition) is 5. The molecule has 0 atom stereocenters. The van der Waals surface area contributed by atoms with Crippen LogP contribution in [-0.2, 0) is 14.3 Å². The van der Waals surface area contributed by atoms with Crippen LogP contribution in [0.1, 0.15) is 24.2 Å². The Balaban J connectivity index is 1.87. The van der Waals surface area contributed by atoms with E-state index in [1.165, 1.54) is 12.0 Å². The summed E-state index contributed by atoms with van der Waals surface area (Å²) in [6.07, 6.45) is 0. The number of esters is 1. The first kappa shape index (κ1) is 19.7. The minimum absolute atomic E-state index is 0.218. The van der Waals surface area contributed by atoms with Gasteiger partial charge in [-0.2, -0.15) is 0 Å². The van der Waals surface area contributed by atoms with E-state index in [0.29, 0.717) is 22.1 Å². The molecule has 0 spiro atoms. The van der Waals surface area contributed by atoms with Gasteiger partial charge in [0.05, 0.1) is 24.0 Å². The van der Waals surface area contributed by atoms with E-state index in [0.717, 1.165) is 0 Å². The highest BCUT2D eigenvalue weighted by Crippen LogP contribution is 2.39. The summed E-state index contributed by atoms with van der Waals surface area (Å²) in [5.74, 6) is -0.972. The van der Waals surface area contributed by atoms with E-state index in [2.05, 4.69) is 5.32 Å². The van der Waals surface area contributed by atoms with Gasteiger partial charge >= 0.3 is 5.97 Å². The molecular formula is C20H19ClN2O5. The number of carbonyl (C=O) groups is 3. The fourth-order valence-corrected chi connectivity index (χ4v) is 3.08. The molecule has 0 fully saturated rings. The minimum atomic E-state index is -1.13. The van der Waals surface area contributed by atoms with Crippen molar-refractivity contribution in [2.75, 3.05) is 23.9 Å². The number of nitrogens with zero attached hydrogens (tertiary/aromatic N) is 1. The van der Waals surface area contributed by atoms with E-state index in [1.807, 2.05) is 0 Å². The van der Waals surface area contributed by atoms with Gasteiger partial charge in [0, 0.05) is 5.02 Å². The van der Waals surface area contributed by atoms with Crippen molar-refractivity contribution in [3.8, 4) is 5.75 Å². The van der Waals surface area contributed by atoms with Crippen LogP contribution >= 0.6 is 11.6 Å². The molecular weight excluding hydrogens is 384 g/mol. The number of methoxy groups -OCH3 is 1. The second kappa shape index (κ2) is 7.52. The number of anilines is 2. The van der Waals surface area contributed by atoms with Crippen molar-refractivity contribution in [3.63, 3.8) is 0 Å². The number of ether oxygens (including phenoxy) is 2. The van der Waals surface area contributed by atoms with Gasteiger partial charge in [-0.05, 0) is 44.2 Å². The molecule has 8 heteroatoms. The van der Waals surface area contributed by atoms with Crippen molar-refractivity contribution in [3.05, 3.63) is 53.1 Å². The topological polar surface area (TPSA) is 84.9 Å². The molecule has 146 valence electrons. The SMILES string of the molecule is COC(=O)c1ccccc1NC(=O)CN1C(=O)C(C)(C)Oc2ccc(Cl)cc21. The molecule has 28 heavy (non-hydrogen) atoms. The lowest BCUT2D eigenvalue weighted by atomic mass is 10.0. The van der Waals surface area contributed by atoms with Gasteiger partial charge in [-0.25, -0.2) is 4.79 Å². The number of fused-ring (bicyclic) bond motifs is 1. The first-order valence-corrected chi connectivity index (χ1v) is 8.88. The normalized spacial score (nSPS) is 14.7. The lowest BCUT2D eigenvalue weighted by Crippen LogP contribution is -2.54. The Morgan fingerprint density at radius 2 is 1.93 bits per heavy atom. The predicted octanol–water partition coefficient (Wildman–Crippen LogP) is 3.27. The van der Waals surface area contributed by atoms with Crippen LogP contribution in [-0.4, -0.2) is 37.0 Å². The van der Waals surface area contributed by atoms with E-state index in [4.69, 9.17) is 21.1 Å². The summed E-state index contributed by atoms with van der Waals surface area (Å²) in [6.45, 7) is 2.99. The maximum absolute atomic E-state index is 12.8. The van der Waals surface area contributed by atoms with Gasteiger partial charge in [0.2, 0.25) is 5.91 Å². The number of para-hydroxylation sites is 1. The van der Waals surface area contributed by atoms with Crippen LogP contribution in [0, 0.1) is 0 Å². The van der Waals surface area contributed by atoms with Gasteiger partial charge < -0.3 is 14.8 Å². The molecule has 2 amide bonds. The zero-order chi connectivity index (χ0) is 20.5. The number of nitrogens with one attached hydrogen (secondary N) is 1. The van der Waals surface area contributed by atoms with E-state index in [9.17, 15) is 14.4 Å². The third-order valence-electron chi connectivity index (χ3n) is 4.25. The van der Waals surface area contributed by atoms with Crippen molar-refractivity contribution in [1.82, 2.24) is 0 Å². The fourth-order valence-electron chi connectivity index (χ4n) is 2.91. The highest BCUT2D eigenvalue weighted by atomic mass is 35.5. The fraction of sp³-hybridized carbons (Fsp3) is 0.250. The van der Waals surface area contributed by atoms with Crippen LogP contribution in [0.5, 0.6) is 5.75 Å². The molecule has 0 aliphatic carbocycles. The Hall–Kier alpha value is -3.06. The van der Waals surface area contributed by atoms with E-state index < -0.39 is 17.5 Å². The zero-order valence-electron chi connectivity index (χ0n) is 15.6. The van der Waals surface area contributed by atoms with Crippen LogP contribution in [0.25, 0.3) is 0 Å². The Bertz CT molecular complexity index is 957. The average molecular weight is 403 g/mol. The first-order valence-electron chi connectivity index (χ1n) is 8.50. The van der Waals surface area contributed by atoms with E-state index in [1.54, 1.807) is 56.3 Å². The van der Waals surface area contributed by atoms with Crippen LogP contribution in [0.3, 0.4) is 0 Å². The van der Waals surface area contributed by atoms with Gasteiger partial charge in [0.1, 0.15) is 12.3 Å². The zero-order valence-corrected chi connectivity index (χ0v) is 16.4. The molecule has 1 heterocycles. The lowest BCUT2D eigenvalue weighted by molar-refractivity contribution is -0.133. The Kier molecular flexibility index (Phi) is 5.29. The highest BCUT2D eigenvalue weighted by Gasteiger charge is 2.41. The summed E-state index contributed by atoms with van der Waals surface area (Å²) in [5, 5.41) is 3.07.